The van der Waals surface area contributed by atoms with Gasteiger partial charge in [-0.1, -0.05) is 38.4 Å². The van der Waals surface area contributed by atoms with E-state index in [1.54, 1.807) is 0 Å². The molecule has 0 spiro atoms. The van der Waals surface area contributed by atoms with Crippen LogP contribution in [0.15, 0.2) is 12.1 Å². The first-order valence-corrected chi connectivity index (χ1v) is 6.06. The molecule has 0 amide bonds. The van der Waals surface area contributed by atoms with Crippen LogP contribution in [0.3, 0.4) is 0 Å². The van der Waals surface area contributed by atoms with E-state index in [9.17, 15) is 0 Å². The van der Waals surface area contributed by atoms with Crippen LogP contribution < -0.4 is 0 Å². The van der Waals surface area contributed by atoms with Crippen LogP contribution in [0.2, 0.25) is 5.15 Å². The highest BCUT2D eigenvalue weighted by Gasteiger charge is 2.61. The number of nitrogens with zero attached hydrogens (tertiary/aromatic N) is 1. The van der Waals surface area contributed by atoms with Crippen LogP contribution in [0.4, 0.5) is 0 Å². The third kappa shape index (κ3) is 1.19. The fraction of sp³-hybridized carbons (Fsp3) is 0.615. The molecule has 1 nitrogen and oxygen atoms in total. The van der Waals surface area contributed by atoms with Gasteiger partial charge in [-0.3, -0.25) is 0 Å². The molecule has 2 aliphatic rings. The van der Waals surface area contributed by atoms with Crippen molar-refractivity contribution in [2.75, 3.05) is 0 Å². The summed E-state index contributed by atoms with van der Waals surface area (Å²) >= 11 is 5.99. The molecule has 0 saturated heterocycles. The zero-order valence-corrected chi connectivity index (χ0v) is 10.2. The van der Waals surface area contributed by atoms with E-state index in [-0.39, 0.29) is 0 Å². The molecule has 1 fully saturated rings. The number of pyridine rings is 1. The summed E-state index contributed by atoms with van der Waals surface area (Å²) < 4.78 is 0. The van der Waals surface area contributed by atoms with Crippen molar-refractivity contribution < 1.29 is 0 Å². The molecule has 0 aromatic carbocycles. The van der Waals surface area contributed by atoms with Crippen molar-refractivity contribution in [3.8, 4) is 0 Å². The quantitative estimate of drug-likeness (QED) is 0.604. The lowest BCUT2D eigenvalue weighted by molar-refractivity contribution is 0.500. The standard InChI is InChI=1S/C13H16ClN/c1-7-6-9-11(13(9,2)3)12-8(7)4-5-10(14)15-12/h4-5,7,9,11H,6H2,1-3H3/t7-,9+,11+/m1/s1. The smallest absolute Gasteiger partial charge is 0.129 e. The zero-order valence-electron chi connectivity index (χ0n) is 9.42. The topological polar surface area (TPSA) is 12.9 Å². The summed E-state index contributed by atoms with van der Waals surface area (Å²) in [5.41, 5.74) is 3.14. The monoisotopic (exact) mass is 221 g/mol. The molecule has 1 saturated carbocycles. The molecule has 15 heavy (non-hydrogen) atoms. The van der Waals surface area contributed by atoms with Crippen molar-refractivity contribution in [1.29, 1.82) is 0 Å². The Balaban J connectivity index is 2.14. The van der Waals surface area contributed by atoms with Gasteiger partial charge in [0.15, 0.2) is 0 Å². The van der Waals surface area contributed by atoms with Crippen molar-refractivity contribution >= 4 is 11.6 Å². The highest BCUT2D eigenvalue weighted by molar-refractivity contribution is 6.29. The molecule has 0 aliphatic heterocycles. The van der Waals surface area contributed by atoms with E-state index in [1.165, 1.54) is 17.7 Å². The normalized spacial score (nSPS) is 35.6. The molecule has 3 atom stereocenters. The highest BCUT2D eigenvalue weighted by atomic mass is 35.5. The number of rotatable bonds is 0. The van der Waals surface area contributed by atoms with E-state index in [2.05, 4.69) is 31.8 Å². The third-order valence-electron chi connectivity index (χ3n) is 4.41. The highest BCUT2D eigenvalue weighted by Crippen LogP contribution is 2.70. The molecule has 1 aromatic rings. The van der Waals surface area contributed by atoms with E-state index in [0.717, 1.165) is 5.92 Å². The minimum atomic E-state index is 0.442. The van der Waals surface area contributed by atoms with Crippen LogP contribution in [0, 0.1) is 11.3 Å². The van der Waals surface area contributed by atoms with Crippen molar-refractivity contribution in [2.45, 2.75) is 39.0 Å². The van der Waals surface area contributed by atoms with E-state index in [0.29, 0.717) is 22.4 Å². The molecular formula is C13H16ClN. The summed E-state index contributed by atoms with van der Waals surface area (Å²) in [6, 6.07) is 4.09. The van der Waals surface area contributed by atoms with Crippen LogP contribution >= 0.6 is 11.6 Å². The summed E-state index contributed by atoms with van der Waals surface area (Å²) in [5.74, 6) is 2.13. The van der Waals surface area contributed by atoms with Crippen LogP contribution in [-0.2, 0) is 0 Å². The molecule has 80 valence electrons. The first kappa shape index (κ1) is 9.65. The first-order valence-electron chi connectivity index (χ1n) is 5.68. The van der Waals surface area contributed by atoms with Crippen molar-refractivity contribution in [3.05, 3.63) is 28.5 Å². The number of fused-ring (bicyclic) bond motifs is 3. The van der Waals surface area contributed by atoms with Gasteiger partial charge in [0.1, 0.15) is 5.15 Å². The van der Waals surface area contributed by atoms with Crippen molar-refractivity contribution in [3.63, 3.8) is 0 Å². The number of hydrogen-bond acceptors (Lipinski definition) is 1. The minimum Gasteiger partial charge on any atom is -0.241 e. The average Bonchev–Trinajstić information content (AvgIpc) is 2.68. The fourth-order valence-corrected chi connectivity index (χ4v) is 3.52. The molecule has 1 heterocycles. The fourth-order valence-electron chi connectivity index (χ4n) is 3.36. The van der Waals surface area contributed by atoms with Crippen LogP contribution in [-0.4, -0.2) is 4.98 Å². The summed E-state index contributed by atoms with van der Waals surface area (Å²) in [4.78, 5) is 4.55. The maximum absolute atomic E-state index is 5.99. The number of hydrogen-bond donors (Lipinski definition) is 0. The van der Waals surface area contributed by atoms with E-state index < -0.39 is 0 Å². The predicted molar refractivity (Wildman–Crippen MR) is 62.3 cm³/mol. The molecular weight excluding hydrogens is 206 g/mol. The second-order valence-electron chi connectivity index (χ2n) is 5.65. The van der Waals surface area contributed by atoms with Gasteiger partial charge < -0.3 is 0 Å². The largest absolute Gasteiger partial charge is 0.241 e. The predicted octanol–water partition coefficient (Wildman–Crippen LogP) is 3.98. The van der Waals surface area contributed by atoms with Crippen LogP contribution in [0.25, 0.3) is 0 Å². The Bertz CT molecular complexity index is 425. The lowest BCUT2D eigenvalue weighted by Gasteiger charge is -2.20. The molecule has 2 heteroatoms. The molecule has 0 radical (unpaired) electrons. The van der Waals surface area contributed by atoms with Crippen molar-refractivity contribution in [2.24, 2.45) is 11.3 Å². The summed E-state index contributed by atoms with van der Waals surface area (Å²) in [7, 11) is 0. The Kier molecular flexibility index (Phi) is 1.78. The summed E-state index contributed by atoms with van der Waals surface area (Å²) in [6.07, 6.45) is 1.31. The first-order chi connectivity index (χ1) is 7.01. The summed E-state index contributed by atoms with van der Waals surface area (Å²) in [6.45, 7) is 7.01. The van der Waals surface area contributed by atoms with Crippen LogP contribution in [0.1, 0.15) is 50.3 Å². The van der Waals surface area contributed by atoms with Gasteiger partial charge in [0.25, 0.3) is 0 Å². The lowest BCUT2D eigenvalue weighted by atomic mass is 9.87. The van der Waals surface area contributed by atoms with E-state index >= 15 is 0 Å². The van der Waals surface area contributed by atoms with Crippen molar-refractivity contribution in [1.82, 2.24) is 4.98 Å². The Morgan fingerprint density at radius 1 is 1.40 bits per heavy atom. The Labute approximate surface area is 95.9 Å². The Morgan fingerprint density at radius 3 is 2.87 bits per heavy atom. The van der Waals surface area contributed by atoms with E-state index in [1.807, 2.05) is 6.07 Å². The molecule has 1 aromatic heterocycles. The molecule has 0 N–H and O–H groups in total. The second kappa shape index (κ2) is 2.76. The van der Waals surface area contributed by atoms with Crippen LogP contribution in [0.5, 0.6) is 0 Å². The van der Waals surface area contributed by atoms with Gasteiger partial charge in [-0.15, -0.1) is 0 Å². The third-order valence-corrected chi connectivity index (χ3v) is 4.62. The van der Waals surface area contributed by atoms with Gasteiger partial charge in [-0.25, -0.2) is 4.98 Å². The average molecular weight is 222 g/mol. The maximum atomic E-state index is 5.99. The zero-order chi connectivity index (χ0) is 10.8. The second-order valence-corrected chi connectivity index (χ2v) is 6.04. The number of aromatic nitrogens is 1. The van der Waals surface area contributed by atoms with E-state index in [4.69, 9.17) is 11.6 Å². The number of halogens is 1. The van der Waals surface area contributed by atoms with Gasteiger partial charge in [0.05, 0.1) is 0 Å². The molecule has 3 rings (SSSR count). The molecule has 2 aliphatic carbocycles. The molecule has 0 unspecified atom stereocenters. The Morgan fingerprint density at radius 2 is 2.13 bits per heavy atom. The molecule has 0 bridgehead atoms. The van der Waals surface area contributed by atoms with Gasteiger partial charge in [-0.05, 0) is 35.3 Å². The van der Waals surface area contributed by atoms with Gasteiger partial charge in [0.2, 0.25) is 0 Å². The van der Waals surface area contributed by atoms with Gasteiger partial charge >= 0.3 is 0 Å². The van der Waals surface area contributed by atoms with Gasteiger partial charge in [0, 0.05) is 11.6 Å². The minimum absolute atomic E-state index is 0.442. The maximum Gasteiger partial charge on any atom is 0.129 e. The lowest BCUT2D eigenvalue weighted by Crippen LogP contribution is -2.08. The summed E-state index contributed by atoms with van der Waals surface area (Å²) in [5, 5.41) is 0.643. The Hall–Kier alpha value is -0.560. The van der Waals surface area contributed by atoms with Gasteiger partial charge in [-0.2, -0.15) is 0 Å². The SMILES string of the molecule is C[C@@H]1C[C@H]2[C@@H](c3nc(Cl)ccc31)C2(C)C.